The smallest absolute Gasteiger partial charge is 0.230 e. The van der Waals surface area contributed by atoms with E-state index in [4.69, 9.17) is 10.3 Å². The third kappa shape index (κ3) is 2.50. The second-order valence-electron chi connectivity index (χ2n) is 4.83. The van der Waals surface area contributed by atoms with Gasteiger partial charge in [0.05, 0.1) is 23.0 Å². The Morgan fingerprint density at radius 2 is 2.29 bits per heavy atom. The average molecular weight is 259 g/mol. The zero-order chi connectivity index (χ0) is 12.7. The van der Waals surface area contributed by atoms with Crippen LogP contribution in [0.2, 0.25) is 0 Å². The van der Waals surface area contributed by atoms with E-state index in [1.54, 1.807) is 0 Å². The molecule has 2 rings (SSSR count). The third-order valence-corrected chi connectivity index (χ3v) is 5.04. The molecular formula is C10H17N3O3S. The SMILES string of the molecule is CCC(C)(N)c1noc(C2CCS(=O)(=O)C2)n1. The number of rotatable bonds is 3. The van der Waals surface area contributed by atoms with Gasteiger partial charge in [-0.3, -0.25) is 0 Å². The van der Waals surface area contributed by atoms with Gasteiger partial charge in [0.25, 0.3) is 0 Å². The zero-order valence-electron chi connectivity index (χ0n) is 10.0. The van der Waals surface area contributed by atoms with Crippen LogP contribution in [0.15, 0.2) is 4.52 Å². The van der Waals surface area contributed by atoms with E-state index in [9.17, 15) is 8.42 Å². The van der Waals surface area contributed by atoms with Gasteiger partial charge in [-0.05, 0) is 19.8 Å². The highest BCUT2D eigenvalue weighted by Gasteiger charge is 2.34. The second-order valence-corrected chi connectivity index (χ2v) is 7.06. The standard InChI is InChI=1S/C10H17N3O3S/c1-3-10(2,11)9-12-8(16-13-9)7-4-5-17(14,15)6-7/h7H,3-6,11H2,1-2H3. The number of sulfone groups is 1. The first-order chi connectivity index (χ1) is 7.84. The fourth-order valence-corrected chi connectivity index (χ4v) is 3.51. The van der Waals surface area contributed by atoms with E-state index in [0.29, 0.717) is 24.6 Å². The average Bonchev–Trinajstić information content (AvgIpc) is 2.84. The van der Waals surface area contributed by atoms with E-state index in [-0.39, 0.29) is 17.4 Å². The van der Waals surface area contributed by atoms with Gasteiger partial charge < -0.3 is 10.3 Å². The summed E-state index contributed by atoms with van der Waals surface area (Å²) in [7, 11) is -2.93. The Labute approximate surface area is 100 Å². The lowest BCUT2D eigenvalue weighted by Crippen LogP contribution is -2.33. The summed E-state index contributed by atoms with van der Waals surface area (Å²) in [6.07, 6.45) is 1.24. The summed E-state index contributed by atoms with van der Waals surface area (Å²) in [5.41, 5.74) is 5.37. The molecule has 7 heteroatoms. The molecule has 2 unspecified atom stereocenters. The van der Waals surface area contributed by atoms with Crippen molar-refractivity contribution in [3.63, 3.8) is 0 Å². The molecule has 2 N–H and O–H groups in total. The van der Waals surface area contributed by atoms with E-state index in [1.807, 2.05) is 13.8 Å². The van der Waals surface area contributed by atoms with Crippen molar-refractivity contribution < 1.29 is 12.9 Å². The van der Waals surface area contributed by atoms with Gasteiger partial charge >= 0.3 is 0 Å². The molecule has 2 heterocycles. The topological polar surface area (TPSA) is 99.1 Å². The number of hydrogen-bond acceptors (Lipinski definition) is 6. The van der Waals surface area contributed by atoms with Crippen LogP contribution in [0.4, 0.5) is 0 Å². The van der Waals surface area contributed by atoms with E-state index in [0.717, 1.165) is 0 Å². The molecule has 96 valence electrons. The fourth-order valence-electron chi connectivity index (χ4n) is 1.78. The first-order valence-corrected chi connectivity index (χ1v) is 7.49. The monoisotopic (exact) mass is 259 g/mol. The molecule has 0 saturated carbocycles. The van der Waals surface area contributed by atoms with Gasteiger partial charge in [-0.1, -0.05) is 12.1 Å². The molecule has 1 saturated heterocycles. The molecule has 0 radical (unpaired) electrons. The molecule has 1 fully saturated rings. The van der Waals surface area contributed by atoms with Crippen LogP contribution in [-0.4, -0.2) is 30.1 Å². The molecule has 1 aromatic heterocycles. The first kappa shape index (κ1) is 12.5. The Hall–Kier alpha value is -0.950. The Morgan fingerprint density at radius 3 is 2.82 bits per heavy atom. The Bertz CT molecular complexity index is 507. The largest absolute Gasteiger partial charge is 0.339 e. The van der Waals surface area contributed by atoms with E-state index in [2.05, 4.69) is 10.1 Å². The third-order valence-electron chi connectivity index (χ3n) is 3.27. The van der Waals surface area contributed by atoms with Crippen LogP contribution in [0, 0.1) is 0 Å². The molecule has 1 aromatic rings. The van der Waals surface area contributed by atoms with Crippen LogP contribution in [0.5, 0.6) is 0 Å². The molecule has 6 nitrogen and oxygen atoms in total. The normalized spacial score (nSPS) is 26.9. The van der Waals surface area contributed by atoms with E-state index < -0.39 is 15.4 Å². The summed E-state index contributed by atoms with van der Waals surface area (Å²) in [6, 6.07) is 0. The molecule has 1 aliphatic rings. The number of nitrogens with two attached hydrogens (primary N) is 1. The number of hydrogen-bond donors (Lipinski definition) is 1. The van der Waals surface area contributed by atoms with E-state index >= 15 is 0 Å². The van der Waals surface area contributed by atoms with Crippen LogP contribution in [0.25, 0.3) is 0 Å². The fraction of sp³-hybridized carbons (Fsp3) is 0.800. The minimum atomic E-state index is -2.93. The summed E-state index contributed by atoms with van der Waals surface area (Å²) in [6.45, 7) is 3.77. The summed E-state index contributed by atoms with van der Waals surface area (Å²) in [4.78, 5) is 4.23. The molecule has 1 aliphatic heterocycles. The number of aromatic nitrogens is 2. The summed E-state index contributed by atoms with van der Waals surface area (Å²) < 4.78 is 27.8. The minimum absolute atomic E-state index is 0.0993. The second kappa shape index (κ2) is 4.06. The van der Waals surface area contributed by atoms with Crippen LogP contribution in [-0.2, 0) is 15.4 Å². The first-order valence-electron chi connectivity index (χ1n) is 5.67. The lowest BCUT2D eigenvalue weighted by Gasteiger charge is -2.16. The molecule has 17 heavy (non-hydrogen) atoms. The minimum Gasteiger partial charge on any atom is -0.339 e. The maximum Gasteiger partial charge on any atom is 0.230 e. The Kier molecular flexibility index (Phi) is 2.99. The van der Waals surface area contributed by atoms with Crippen molar-refractivity contribution in [1.82, 2.24) is 10.1 Å². The van der Waals surface area contributed by atoms with Gasteiger partial charge in [0.15, 0.2) is 15.7 Å². The maximum atomic E-state index is 11.4. The van der Waals surface area contributed by atoms with Crippen molar-refractivity contribution >= 4 is 9.84 Å². The molecule has 0 spiro atoms. The van der Waals surface area contributed by atoms with Crippen molar-refractivity contribution in [3.05, 3.63) is 11.7 Å². The predicted octanol–water partition coefficient (Wildman–Crippen LogP) is 0.556. The van der Waals surface area contributed by atoms with Gasteiger partial charge in [-0.2, -0.15) is 4.98 Å². The molecule has 0 aromatic carbocycles. The lowest BCUT2D eigenvalue weighted by molar-refractivity contribution is 0.340. The highest BCUT2D eigenvalue weighted by molar-refractivity contribution is 7.91. The number of nitrogens with zero attached hydrogens (tertiary/aromatic N) is 2. The van der Waals surface area contributed by atoms with Crippen molar-refractivity contribution in [2.75, 3.05) is 11.5 Å². The van der Waals surface area contributed by atoms with Crippen LogP contribution < -0.4 is 5.73 Å². The maximum absolute atomic E-state index is 11.4. The van der Waals surface area contributed by atoms with Gasteiger partial charge in [0.1, 0.15) is 0 Å². The summed E-state index contributed by atoms with van der Waals surface area (Å²) in [5, 5.41) is 3.85. The molecular weight excluding hydrogens is 242 g/mol. The highest BCUT2D eigenvalue weighted by atomic mass is 32.2. The van der Waals surface area contributed by atoms with Crippen LogP contribution >= 0.6 is 0 Å². The molecule has 0 aliphatic carbocycles. The lowest BCUT2D eigenvalue weighted by atomic mass is 10.00. The van der Waals surface area contributed by atoms with E-state index in [1.165, 1.54) is 0 Å². The van der Waals surface area contributed by atoms with Crippen molar-refractivity contribution in [2.24, 2.45) is 5.73 Å². The quantitative estimate of drug-likeness (QED) is 0.851. The van der Waals surface area contributed by atoms with Gasteiger partial charge in [-0.25, -0.2) is 8.42 Å². The Balaban J connectivity index is 2.20. The van der Waals surface area contributed by atoms with Crippen molar-refractivity contribution in [3.8, 4) is 0 Å². The Morgan fingerprint density at radius 1 is 1.59 bits per heavy atom. The predicted molar refractivity (Wildman–Crippen MR) is 62.1 cm³/mol. The molecule has 2 atom stereocenters. The van der Waals surface area contributed by atoms with Gasteiger partial charge in [0.2, 0.25) is 5.89 Å². The summed E-state index contributed by atoms with van der Waals surface area (Å²) >= 11 is 0. The molecule has 0 bridgehead atoms. The zero-order valence-corrected chi connectivity index (χ0v) is 10.8. The summed E-state index contributed by atoms with van der Waals surface area (Å²) in [5.74, 6) is 0.963. The van der Waals surface area contributed by atoms with Crippen molar-refractivity contribution in [1.29, 1.82) is 0 Å². The van der Waals surface area contributed by atoms with Crippen LogP contribution in [0.1, 0.15) is 44.3 Å². The van der Waals surface area contributed by atoms with Gasteiger partial charge in [-0.15, -0.1) is 0 Å². The van der Waals surface area contributed by atoms with Crippen molar-refractivity contribution in [2.45, 2.75) is 38.1 Å². The highest BCUT2D eigenvalue weighted by Crippen LogP contribution is 2.29. The van der Waals surface area contributed by atoms with Gasteiger partial charge in [0, 0.05) is 0 Å². The molecule has 0 amide bonds. The van der Waals surface area contributed by atoms with Crippen LogP contribution in [0.3, 0.4) is 0 Å².